The van der Waals surface area contributed by atoms with Gasteiger partial charge in [0.2, 0.25) is 5.91 Å². The monoisotopic (exact) mass is 325 g/mol. The Morgan fingerprint density at radius 2 is 1.83 bits per heavy atom. The summed E-state index contributed by atoms with van der Waals surface area (Å²) in [5, 5.41) is 6.19. The normalized spacial score (nSPS) is 15.0. The first kappa shape index (κ1) is 16.5. The SMILES string of the molecule is CCc1ccc(Nc2ccc(NC(=O)C3CCOCC3)cn2)cc1. The number of anilines is 3. The van der Waals surface area contributed by atoms with Crippen molar-refractivity contribution < 1.29 is 9.53 Å². The van der Waals surface area contributed by atoms with E-state index < -0.39 is 0 Å². The Labute approximate surface area is 142 Å². The fraction of sp³-hybridized carbons (Fsp3) is 0.368. The first-order chi connectivity index (χ1) is 11.7. The van der Waals surface area contributed by atoms with Gasteiger partial charge in [-0.3, -0.25) is 4.79 Å². The molecule has 0 saturated carbocycles. The van der Waals surface area contributed by atoms with E-state index >= 15 is 0 Å². The van der Waals surface area contributed by atoms with E-state index in [1.807, 2.05) is 24.3 Å². The second-order valence-electron chi connectivity index (χ2n) is 5.98. The highest BCUT2D eigenvalue weighted by Crippen LogP contribution is 2.19. The van der Waals surface area contributed by atoms with Crippen molar-refractivity contribution in [3.63, 3.8) is 0 Å². The maximum absolute atomic E-state index is 12.2. The van der Waals surface area contributed by atoms with Crippen LogP contribution in [0.2, 0.25) is 0 Å². The molecule has 1 aliphatic rings. The minimum atomic E-state index is 0.0358. The van der Waals surface area contributed by atoms with Gasteiger partial charge in [-0.05, 0) is 49.1 Å². The Morgan fingerprint density at radius 1 is 1.12 bits per heavy atom. The molecule has 0 unspecified atom stereocenters. The second-order valence-corrected chi connectivity index (χ2v) is 5.98. The fourth-order valence-corrected chi connectivity index (χ4v) is 2.72. The maximum Gasteiger partial charge on any atom is 0.227 e. The third kappa shape index (κ3) is 4.32. The predicted molar refractivity (Wildman–Crippen MR) is 95.5 cm³/mol. The number of rotatable bonds is 5. The molecule has 3 rings (SSSR count). The molecule has 1 aliphatic heterocycles. The molecule has 126 valence electrons. The van der Waals surface area contributed by atoms with Crippen LogP contribution in [0.4, 0.5) is 17.2 Å². The molecule has 2 heterocycles. The number of ether oxygens (including phenoxy) is 1. The lowest BCUT2D eigenvalue weighted by molar-refractivity contribution is -0.122. The van der Waals surface area contributed by atoms with Gasteiger partial charge < -0.3 is 15.4 Å². The summed E-state index contributed by atoms with van der Waals surface area (Å²) < 4.78 is 5.29. The number of nitrogens with one attached hydrogen (secondary N) is 2. The molecule has 5 heteroatoms. The molecule has 1 fully saturated rings. The Bertz CT molecular complexity index is 662. The molecular weight excluding hydrogens is 302 g/mol. The second kappa shape index (κ2) is 7.93. The summed E-state index contributed by atoms with van der Waals surface area (Å²) in [4.78, 5) is 16.6. The third-order valence-corrected chi connectivity index (χ3v) is 4.26. The number of amides is 1. The summed E-state index contributed by atoms with van der Waals surface area (Å²) in [6.07, 6.45) is 4.28. The third-order valence-electron chi connectivity index (χ3n) is 4.26. The average molecular weight is 325 g/mol. The van der Waals surface area contributed by atoms with E-state index in [1.54, 1.807) is 6.20 Å². The van der Waals surface area contributed by atoms with Crippen molar-refractivity contribution in [3.05, 3.63) is 48.2 Å². The van der Waals surface area contributed by atoms with Gasteiger partial charge in [-0.15, -0.1) is 0 Å². The van der Waals surface area contributed by atoms with Crippen molar-refractivity contribution in [1.82, 2.24) is 4.98 Å². The zero-order valence-electron chi connectivity index (χ0n) is 13.9. The van der Waals surface area contributed by atoms with Crippen molar-refractivity contribution in [2.24, 2.45) is 5.92 Å². The van der Waals surface area contributed by atoms with Crippen molar-refractivity contribution in [2.45, 2.75) is 26.2 Å². The van der Waals surface area contributed by atoms with Gasteiger partial charge in [0, 0.05) is 24.8 Å². The van der Waals surface area contributed by atoms with E-state index in [0.717, 1.165) is 36.5 Å². The molecule has 1 saturated heterocycles. The lowest BCUT2D eigenvalue weighted by atomic mass is 9.99. The summed E-state index contributed by atoms with van der Waals surface area (Å²) in [5.41, 5.74) is 3.02. The Morgan fingerprint density at radius 3 is 2.46 bits per heavy atom. The van der Waals surface area contributed by atoms with E-state index in [4.69, 9.17) is 4.74 Å². The lowest BCUT2D eigenvalue weighted by Crippen LogP contribution is -2.28. The lowest BCUT2D eigenvalue weighted by Gasteiger charge is -2.21. The van der Waals surface area contributed by atoms with Crippen molar-refractivity contribution in [2.75, 3.05) is 23.8 Å². The van der Waals surface area contributed by atoms with E-state index in [0.29, 0.717) is 13.2 Å². The number of nitrogens with zero attached hydrogens (tertiary/aromatic N) is 1. The van der Waals surface area contributed by atoms with Gasteiger partial charge >= 0.3 is 0 Å². The van der Waals surface area contributed by atoms with Crippen molar-refractivity contribution in [1.29, 1.82) is 0 Å². The standard InChI is InChI=1S/C19H23N3O2/c1-2-14-3-5-16(6-4-14)21-18-8-7-17(13-20-18)22-19(23)15-9-11-24-12-10-15/h3-8,13,15H,2,9-12H2,1H3,(H,20,21)(H,22,23). The summed E-state index contributed by atoms with van der Waals surface area (Å²) in [6, 6.07) is 12.0. The van der Waals surface area contributed by atoms with Gasteiger partial charge in [0.25, 0.3) is 0 Å². The van der Waals surface area contributed by atoms with Gasteiger partial charge in [0.05, 0.1) is 11.9 Å². The number of hydrogen-bond acceptors (Lipinski definition) is 4. The minimum absolute atomic E-state index is 0.0358. The first-order valence-corrected chi connectivity index (χ1v) is 8.45. The van der Waals surface area contributed by atoms with Crippen molar-refractivity contribution >= 4 is 23.1 Å². The highest BCUT2D eigenvalue weighted by molar-refractivity contribution is 5.92. The molecule has 2 N–H and O–H groups in total. The van der Waals surface area contributed by atoms with Gasteiger partial charge in [0.1, 0.15) is 5.82 Å². The van der Waals surface area contributed by atoms with Crippen LogP contribution < -0.4 is 10.6 Å². The van der Waals surface area contributed by atoms with Gasteiger partial charge in [-0.25, -0.2) is 4.98 Å². The summed E-state index contributed by atoms with van der Waals surface area (Å²) in [5.74, 6) is 0.841. The number of benzene rings is 1. The van der Waals surface area contributed by atoms with Gasteiger partial charge in [-0.1, -0.05) is 19.1 Å². The highest BCUT2D eigenvalue weighted by Gasteiger charge is 2.21. The van der Waals surface area contributed by atoms with Crippen molar-refractivity contribution in [3.8, 4) is 0 Å². The van der Waals surface area contributed by atoms with Crippen LogP contribution in [0.1, 0.15) is 25.3 Å². The van der Waals surface area contributed by atoms with Gasteiger partial charge in [-0.2, -0.15) is 0 Å². The molecule has 1 aromatic heterocycles. The van der Waals surface area contributed by atoms with E-state index in [9.17, 15) is 4.79 Å². The first-order valence-electron chi connectivity index (χ1n) is 8.45. The summed E-state index contributed by atoms with van der Waals surface area (Å²) in [6.45, 7) is 3.46. The number of carbonyl (C=O) groups is 1. The smallest absolute Gasteiger partial charge is 0.227 e. The number of aromatic nitrogens is 1. The predicted octanol–water partition coefficient (Wildman–Crippen LogP) is 3.75. The maximum atomic E-state index is 12.2. The van der Waals surface area contributed by atoms with Crippen LogP contribution in [0.15, 0.2) is 42.6 Å². The van der Waals surface area contributed by atoms with Crippen LogP contribution in [0.3, 0.4) is 0 Å². The van der Waals surface area contributed by atoms with E-state index in [-0.39, 0.29) is 11.8 Å². The Balaban J connectivity index is 1.57. The van der Waals surface area contributed by atoms with E-state index in [2.05, 4.69) is 34.7 Å². The van der Waals surface area contributed by atoms with Crippen LogP contribution in [0.25, 0.3) is 0 Å². The molecule has 0 radical (unpaired) electrons. The Hall–Kier alpha value is -2.40. The summed E-state index contributed by atoms with van der Waals surface area (Å²) in [7, 11) is 0. The van der Waals surface area contributed by atoms with Crippen LogP contribution in [0, 0.1) is 5.92 Å². The van der Waals surface area contributed by atoms with Crippen LogP contribution >= 0.6 is 0 Å². The largest absolute Gasteiger partial charge is 0.381 e. The molecule has 1 amide bonds. The van der Waals surface area contributed by atoms with Crippen LogP contribution in [-0.4, -0.2) is 24.1 Å². The molecule has 1 aromatic carbocycles. The quantitative estimate of drug-likeness (QED) is 0.879. The van der Waals surface area contributed by atoms with Crippen LogP contribution in [-0.2, 0) is 16.0 Å². The highest BCUT2D eigenvalue weighted by atomic mass is 16.5. The number of aryl methyl sites for hydroxylation is 1. The molecule has 24 heavy (non-hydrogen) atoms. The van der Waals surface area contributed by atoms with E-state index in [1.165, 1.54) is 5.56 Å². The topological polar surface area (TPSA) is 63.2 Å². The Kier molecular flexibility index (Phi) is 5.43. The molecule has 5 nitrogen and oxygen atoms in total. The zero-order valence-corrected chi connectivity index (χ0v) is 13.9. The zero-order chi connectivity index (χ0) is 16.8. The molecule has 0 atom stereocenters. The molecule has 0 bridgehead atoms. The average Bonchev–Trinajstić information content (AvgIpc) is 2.65. The molecule has 0 aliphatic carbocycles. The number of pyridine rings is 1. The molecule has 2 aromatic rings. The molecule has 0 spiro atoms. The fourth-order valence-electron chi connectivity index (χ4n) is 2.72. The summed E-state index contributed by atoms with van der Waals surface area (Å²) >= 11 is 0. The van der Waals surface area contributed by atoms with Gasteiger partial charge in [0.15, 0.2) is 0 Å². The number of hydrogen-bond donors (Lipinski definition) is 2. The molecular formula is C19H23N3O2. The minimum Gasteiger partial charge on any atom is -0.381 e. The van der Waals surface area contributed by atoms with Crippen LogP contribution in [0.5, 0.6) is 0 Å². The number of carbonyl (C=O) groups excluding carboxylic acids is 1.